The molecule has 0 atom stereocenters. The van der Waals surface area contributed by atoms with Crippen molar-refractivity contribution in [1.29, 1.82) is 0 Å². The first-order valence-electron chi connectivity index (χ1n) is 5.69. The van der Waals surface area contributed by atoms with E-state index in [1.165, 1.54) is 0 Å². The molecule has 0 heterocycles. The summed E-state index contributed by atoms with van der Waals surface area (Å²) >= 11 is 0. The number of hydrogen-bond acceptors (Lipinski definition) is 2. The van der Waals surface area contributed by atoms with E-state index < -0.39 is 9.84 Å². The number of rotatable bonds is 3. The third-order valence-corrected chi connectivity index (χ3v) is 4.69. The second kappa shape index (κ2) is 7.93. The van der Waals surface area contributed by atoms with E-state index in [0.29, 0.717) is 4.90 Å². The van der Waals surface area contributed by atoms with Crippen LogP contribution in [-0.4, -0.2) is 8.42 Å². The first kappa shape index (κ1) is 19.3. The van der Waals surface area contributed by atoms with Gasteiger partial charge in [0.1, 0.15) is 0 Å². The molecule has 0 amide bonds. The Morgan fingerprint density at radius 2 is 1.60 bits per heavy atom. The minimum atomic E-state index is -3.28. The minimum Gasteiger partial charge on any atom is -0.358 e. The van der Waals surface area contributed by atoms with Gasteiger partial charge in [0, 0.05) is 0 Å². The topological polar surface area (TPSA) is 34.1 Å². The van der Waals surface area contributed by atoms with E-state index in [4.69, 9.17) is 0 Å². The second-order valence-corrected chi connectivity index (χ2v) is 6.26. The Morgan fingerprint density at radius 1 is 1.00 bits per heavy atom. The van der Waals surface area contributed by atoms with Gasteiger partial charge in [-0.1, -0.05) is 36.8 Å². The molecule has 20 heavy (non-hydrogen) atoms. The summed E-state index contributed by atoms with van der Waals surface area (Å²) in [7, 11) is -3.28. The van der Waals surface area contributed by atoms with Gasteiger partial charge in [0.25, 0.3) is 0 Å². The van der Waals surface area contributed by atoms with Gasteiger partial charge in [-0.05, 0) is 12.1 Å². The number of hydrogen-bond donors (Lipinski definition) is 0. The van der Waals surface area contributed by atoms with Gasteiger partial charge >= 0.3 is 31.1 Å². The van der Waals surface area contributed by atoms with Crippen molar-refractivity contribution < 1.29 is 39.5 Å². The number of sulfone groups is 1. The van der Waals surface area contributed by atoms with E-state index in [1.807, 2.05) is 25.1 Å². The molecule has 0 aliphatic carbocycles. The molecule has 0 saturated heterocycles. The zero-order chi connectivity index (χ0) is 13.2. The zero-order valence-corrected chi connectivity index (χ0v) is 16.7. The van der Waals surface area contributed by atoms with Gasteiger partial charge in [-0.2, -0.15) is 18.6 Å². The third-order valence-electron chi connectivity index (χ3n) is 3.01. The molecule has 0 aliphatic heterocycles. The Hall–Kier alpha value is -0.688. The van der Waals surface area contributed by atoms with E-state index in [-0.39, 0.29) is 44.3 Å². The quantitative estimate of drug-likeness (QED) is 0.590. The van der Waals surface area contributed by atoms with Gasteiger partial charge in [0.05, 0.1) is 10.6 Å². The second-order valence-electron chi connectivity index (χ2n) is 4.27. The van der Waals surface area contributed by atoms with Crippen LogP contribution in [0.3, 0.4) is 0 Å². The van der Waals surface area contributed by atoms with Crippen molar-refractivity contribution in [3.8, 4) is 0 Å². The maximum absolute atomic E-state index is 12.2. The van der Waals surface area contributed by atoms with Gasteiger partial charge in [-0.25, -0.2) is 8.42 Å². The summed E-state index contributed by atoms with van der Waals surface area (Å²) in [5.74, 6) is 0.0200. The monoisotopic (exact) mass is 512 g/mol. The molecule has 0 fully saturated rings. The largest absolute Gasteiger partial charge is 2.00 e. The third kappa shape index (κ3) is 4.41. The van der Waals surface area contributed by atoms with Gasteiger partial charge in [0.2, 0.25) is 0 Å². The predicted molar refractivity (Wildman–Crippen MR) is 79.4 cm³/mol. The van der Waals surface area contributed by atoms with Crippen LogP contribution in [0.2, 0.25) is 0 Å². The van der Waals surface area contributed by atoms with E-state index in [0.717, 1.165) is 16.7 Å². The Bertz CT molecular complexity index is 649. The van der Waals surface area contributed by atoms with Crippen LogP contribution in [0, 0.1) is 52.4 Å². The van der Waals surface area contributed by atoms with Crippen LogP contribution in [0.5, 0.6) is 0 Å². The van der Waals surface area contributed by atoms with Crippen LogP contribution in [0.1, 0.15) is 16.7 Å². The molecular weight excluding hydrogens is 494 g/mol. The Morgan fingerprint density at radius 3 is 2.20 bits per heavy atom. The molecule has 2 aromatic carbocycles. The molecule has 2 rings (SSSR count). The van der Waals surface area contributed by atoms with Gasteiger partial charge in [-0.15, -0.1) is 11.6 Å². The van der Waals surface area contributed by atoms with E-state index in [1.54, 1.807) is 30.3 Å². The minimum absolute atomic E-state index is 0. The van der Waals surface area contributed by atoms with Crippen LogP contribution in [0.15, 0.2) is 53.4 Å². The van der Waals surface area contributed by atoms with E-state index in [2.05, 4.69) is 6.92 Å². The molecule has 0 bridgehead atoms. The maximum atomic E-state index is 12.2. The van der Waals surface area contributed by atoms with E-state index >= 15 is 0 Å². The van der Waals surface area contributed by atoms with Gasteiger partial charge in [0.15, 0.2) is 9.84 Å². The summed E-state index contributed by atoms with van der Waals surface area (Å²) in [5.41, 5.74) is 2.62. The van der Waals surface area contributed by atoms with Crippen LogP contribution in [-0.2, 0) is 15.6 Å². The molecule has 2 nitrogen and oxygen atoms in total. The molecular formula is C16H18O2SU. The smallest absolute Gasteiger partial charge is 0.358 e. The van der Waals surface area contributed by atoms with Crippen LogP contribution in [0.4, 0.5) is 0 Å². The summed E-state index contributed by atoms with van der Waals surface area (Å²) in [6.07, 6.45) is 0. The normalized spacial score (nSPS) is 10.2. The standard InChI is InChI=1S/C15H15O2S.CH3.U/c1-12-7-6-8-14(13(12)2)11-18(16,17)15-9-4-3-5-10-15;;/h3-10H,1,11H2,2H3;1H3;/q2*-1;+2. The molecule has 0 unspecified atom stereocenters. The maximum Gasteiger partial charge on any atom is 2.00 e. The van der Waals surface area contributed by atoms with Crippen LogP contribution < -0.4 is 0 Å². The summed E-state index contributed by atoms with van der Waals surface area (Å²) in [4.78, 5) is 0.360. The summed E-state index contributed by atoms with van der Waals surface area (Å²) in [6.45, 7) is 5.79. The Balaban J connectivity index is 0.00000180. The van der Waals surface area contributed by atoms with Crippen molar-refractivity contribution in [1.82, 2.24) is 0 Å². The fourth-order valence-corrected chi connectivity index (χ4v) is 3.27. The van der Waals surface area contributed by atoms with Crippen molar-refractivity contribution in [3.63, 3.8) is 0 Å². The van der Waals surface area contributed by atoms with Crippen molar-refractivity contribution in [3.05, 3.63) is 79.6 Å². The molecule has 4 heteroatoms. The van der Waals surface area contributed by atoms with Crippen molar-refractivity contribution in [2.24, 2.45) is 0 Å². The summed E-state index contributed by atoms with van der Waals surface area (Å²) in [5, 5.41) is 0. The van der Waals surface area contributed by atoms with Gasteiger partial charge < -0.3 is 7.43 Å². The first-order chi connectivity index (χ1) is 8.50. The Kier molecular flexibility index (Phi) is 7.65. The van der Waals surface area contributed by atoms with Crippen molar-refractivity contribution >= 4 is 9.84 Å². The van der Waals surface area contributed by atoms with Crippen LogP contribution >= 0.6 is 0 Å². The molecule has 0 saturated carbocycles. The average Bonchev–Trinajstić information content (AvgIpc) is 2.36. The fraction of sp³-hybridized carbons (Fsp3) is 0.125. The molecule has 2 aromatic rings. The molecule has 0 radical (unpaired) electrons. The SMILES string of the molecule is [CH2-]c1cccc(CS(=O)(=O)c2ccccc2)c1C.[CH3-].[U+2]. The molecule has 0 aliphatic rings. The average molecular weight is 512 g/mol. The molecule has 0 N–H and O–H groups in total. The fourth-order valence-electron chi connectivity index (χ4n) is 1.81. The molecule has 0 aromatic heterocycles. The summed E-state index contributed by atoms with van der Waals surface area (Å²) in [6, 6.07) is 14.1. The Labute approximate surface area is 145 Å². The number of benzene rings is 2. The van der Waals surface area contributed by atoms with E-state index in [9.17, 15) is 8.42 Å². The van der Waals surface area contributed by atoms with Crippen molar-refractivity contribution in [2.45, 2.75) is 17.6 Å². The van der Waals surface area contributed by atoms with Crippen LogP contribution in [0.25, 0.3) is 0 Å². The van der Waals surface area contributed by atoms with Crippen molar-refractivity contribution in [2.75, 3.05) is 0 Å². The predicted octanol–water partition coefficient (Wildman–Crippen LogP) is 3.60. The summed E-state index contributed by atoms with van der Waals surface area (Å²) < 4.78 is 24.5. The molecule has 104 valence electrons. The first-order valence-corrected chi connectivity index (χ1v) is 7.34. The zero-order valence-electron chi connectivity index (χ0n) is 11.8. The van der Waals surface area contributed by atoms with Gasteiger partial charge in [-0.3, -0.25) is 0 Å². The molecule has 0 spiro atoms.